The molecule has 0 N–H and O–H groups in total. The van der Waals surface area contributed by atoms with E-state index in [-0.39, 0.29) is 62.0 Å². The zero-order chi connectivity index (χ0) is 3.41. The van der Waals surface area contributed by atoms with Crippen LogP contribution in [0.5, 0.6) is 0 Å². The van der Waals surface area contributed by atoms with Crippen LogP contribution in [0.25, 0.3) is 0 Å². The van der Waals surface area contributed by atoms with E-state index in [9.17, 15) is 0 Å². The minimum atomic E-state index is 0. The summed E-state index contributed by atoms with van der Waals surface area (Å²) in [7, 11) is 0. The average Bonchev–Trinajstić information content (AvgIpc) is 1.37. The molecule has 0 heterocycles. The molecule has 0 aromatic carbocycles. The van der Waals surface area contributed by atoms with Gasteiger partial charge in [0.15, 0.2) is 0 Å². The van der Waals surface area contributed by atoms with Crippen molar-refractivity contribution < 1.29 is 62.0 Å². The van der Waals surface area contributed by atoms with Crippen molar-refractivity contribution in [3.8, 4) is 0 Å². The molecule has 0 aromatic rings. The molecular formula is C2H8Na2S2. The summed E-state index contributed by atoms with van der Waals surface area (Å²) in [6, 6.07) is 0. The first-order valence-electron chi connectivity index (χ1n) is 1.13. The van der Waals surface area contributed by atoms with Gasteiger partial charge < -0.3 is 2.85 Å². The Kier molecular flexibility index (Phi) is 41.4. The van der Waals surface area contributed by atoms with Crippen LogP contribution in [0.3, 0.4) is 0 Å². The van der Waals surface area contributed by atoms with Gasteiger partial charge in [-0.2, -0.15) is 25.3 Å². The first kappa shape index (κ1) is 15.9. The van der Waals surface area contributed by atoms with Crippen LogP contribution in [0.15, 0.2) is 0 Å². The predicted molar refractivity (Wildman–Crippen MR) is 29.9 cm³/mol. The van der Waals surface area contributed by atoms with E-state index in [4.69, 9.17) is 0 Å². The van der Waals surface area contributed by atoms with Crippen LogP contribution in [0.4, 0.5) is 0 Å². The van der Waals surface area contributed by atoms with Crippen molar-refractivity contribution >= 4 is 25.3 Å². The van der Waals surface area contributed by atoms with Crippen molar-refractivity contribution in [2.45, 2.75) is 0 Å². The molecule has 0 fully saturated rings. The fourth-order valence-corrected chi connectivity index (χ4v) is 0. The van der Waals surface area contributed by atoms with Crippen LogP contribution >= 0.6 is 25.3 Å². The molecular weight excluding hydrogens is 134 g/mol. The maximum absolute atomic E-state index is 3.84. The molecule has 4 heteroatoms. The zero-order valence-electron chi connectivity index (χ0n) is 6.31. The Hall–Kier alpha value is 2.70. The van der Waals surface area contributed by atoms with Crippen molar-refractivity contribution in [3.05, 3.63) is 0 Å². The molecule has 0 bridgehead atoms. The minimum Gasteiger partial charge on any atom is -1.00 e. The third kappa shape index (κ3) is 15.9. The van der Waals surface area contributed by atoms with E-state index in [2.05, 4.69) is 25.3 Å². The Morgan fingerprint density at radius 1 is 1.00 bits per heavy atom. The van der Waals surface area contributed by atoms with E-state index < -0.39 is 0 Å². The predicted octanol–water partition coefficient (Wildman–Crippen LogP) is -4.92. The number of hydrogen-bond acceptors (Lipinski definition) is 2. The van der Waals surface area contributed by atoms with E-state index >= 15 is 0 Å². The molecule has 0 nitrogen and oxygen atoms in total. The second-order valence-corrected chi connectivity index (χ2v) is 1.34. The first-order chi connectivity index (χ1) is 1.91. The SMILES string of the molecule is SCCS.[H-].[H-].[Na+].[Na+]. The topological polar surface area (TPSA) is 0 Å². The van der Waals surface area contributed by atoms with Crippen molar-refractivity contribution in [3.63, 3.8) is 0 Å². The standard InChI is InChI=1S/C2H6S2.2Na.2H/c3-1-2-4;;;;/h3-4H,1-2H2;;;;/q;2*+1;2*-1. The quantitative estimate of drug-likeness (QED) is 0.266. The fourth-order valence-electron chi connectivity index (χ4n) is 0. The molecule has 0 amide bonds. The molecule has 0 aliphatic heterocycles. The Morgan fingerprint density at radius 2 is 1.17 bits per heavy atom. The largest absolute Gasteiger partial charge is 1.00 e. The normalized spacial score (nSPS) is 5.00. The second-order valence-electron chi connectivity index (χ2n) is 0.447. The summed E-state index contributed by atoms with van der Waals surface area (Å²) < 4.78 is 0. The molecule has 0 saturated carbocycles. The third-order valence-corrected chi connectivity index (χ3v) is 0.900. The Balaban J connectivity index is -0.00000000750. The summed E-state index contributed by atoms with van der Waals surface area (Å²) in [5, 5.41) is 0. The fraction of sp³-hybridized carbons (Fsp3) is 1.00. The van der Waals surface area contributed by atoms with Crippen LogP contribution in [-0.4, -0.2) is 11.5 Å². The number of hydrogen-bond donors (Lipinski definition) is 2. The molecule has 0 saturated heterocycles. The molecule has 0 unspecified atom stereocenters. The number of thiol groups is 2. The molecule has 6 heavy (non-hydrogen) atoms. The molecule has 0 rings (SSSR count). The van der Waals surface area contributed by atoms with Crippen LogP contribution in [-0.2, 0) is 0 Å². The summed E-state index contributed by atoms with van der Waals surface area (Å²) in [4.78, 5) is 0. The summed E-state index contributed by atoms with van der Waals surface area (Å²) in [6.45, 7) is 0. The Labute approximate surface area is 97.2 Å². The smallest absolute Gasteiger partial charge is 1.00 e. The molecule has 0 radical (unpaired) electrons. The van der Waals surface area contributed by atoms with E-state index in [0.717, 1.165) is 11.5 Å². The van der Waals surface area contributed by atoms with Gasteiger partial charge in [0.05, 0.1) is 0 Å². The van der Waals surface area contributed by atoms with Gasteiger partial charge >= 0.3 is 59.1 Å². The summed E-state index contributed by atoms with van der Waals surface area (Å²) in [6.07, 6.45) is 0. The van der Waals surface area contributed by atoms with Crippen LogP contribution in [0.2, 0.25) is 0 Å². The van der Waals surface area contributed by atoms with Gasteiger partial charge in [0.2, 0.25) is 0 Å². The molecule has 0 aromatic heterocycles. The van der Waals surface area contributed by atoms with E-state index in [1.54, 1.807) is 0 Å². The molecule has 0 aliphatic rings. The minimum absolute atomic E-state index is 0. The van der Waals surface area contributed by atoms with E-state index in [0.29, 0.717) is 0 Å². The van der Waals surface area contributed by atoms with Crippen LogP contribution in [0, 0.1) is 0 Å². The van der Waals surface area contributed by atoms with Gasteiger partial charge in [0, 0.05) is 0 Å². The van der Waals surface area contributed by atoms with Crippen molar-refractivity contribution in [2.24, 2.45) is 0 Å². The van der Waals surface area contributed by atoms with Gasteiger partial charge in [0.1, 0.15) is 0 Å². The second kappa shape index (κ2) is 15.6. The molecule has 0 aliphatic carbocycles. The number of rotatable bonds is 1. The summed E-state index contributed by atoms with van der Waals surface area (Å²) in [5.41, 5.74) is 0. The van der Waals surface area contributed by atoms with Gasteiger partial charge in [-0.05, 0) is 11.5 Å². The monoisotopic (exact) mass is 142 g/mol. The van der Waals surface area contributed by atoms with Crippen LogP contribution in [0.1, 0.15) is 2.85 Å². The van der Waals surface area contributed by atoms with E-state index in [1.165, 1.54) is 0 Å². The van der Waals surface area contributed by atoms with E-state index in [1.807, 2.05) is 0 Å². The first-order valence-corrected chi connectivity index (χ1v) is 2.40. The Bertz CT molecular complexity index is 18.0. The van der Waals surface area contributed by atoms with Crippen molar-refractivity contribution in [2.75, 3.05) is 11.5 Å². The van der Waals surface area contributed by atoms with Gasteiger partial charge in [0.25, 0.3) is 0 Å². The van der Waals surface area contributed by atoms with Crippen LogP contribution < -0.4 is 59.1 Å². The maximum Gasteiger partial charge on any atom is 1.00 e. The van der Waals surface area contributed by atoms with Gasteiger partial charge in [-0.1, -0.05) is 0 Å². The molecule has 0 atom stereocenters. The summed E-state index contributed by atoms with van der Waals surface area (Å²) in [5.74, 6) is 1.76. The van der Waals surface area contributed by atoms with Crippen molar-refractivity contribution in [1.82, 2.24) is 0 Å². The maximum atomic E-state index is 3.84. The Morgan fingerprint density at radius 3 is 1.17 bits per heavy atom. The summed E-state index contributed by atoms with van der Waals surface area (Å²) >= 11 is 7.69. The van der Waals surface area contributed by atoms with Gasteiger partial charge in [-0.25, -0.2) is 0 Å². The molecule has 30 valence electrons. The third-order valence-electron chi connectivity index (χ3n) is 0.1000. The average molecular weight is 142 g/mol. The molecule has 0 spiro atoms. The van der Waals surface area contributed by atoms with Crippen molar-refractivity contribution in [1.29, 1.82) is 0 Å². The van der Waals surface area contributed by atoms with Gasteiger partial charge in [-0.3, -0.25) is 0 Å². The zero-order valence-corrected chi connectivity index (χ0v) is 10.1. The van der Waals surface area contributed by atoms with Gasteiger partial charge in [-0.15, -0.1) is 0 Å².